The van der Waals surface area contributed by atoms with Crippen LogP contribution < -0.4 is 5.32 Å². The van der Waals surface area contributed by atoms with Crippen LogP contribution in [0.4, 0.5) is 0 Å². The van der Waals surface area contributed by atoms with Gasteiger partial charge in [-0.15, -0.1) is 0 Å². The molecule has 0 saturated heterocycles. The molecule has 2 atom stereocenters. The molecule has 0 aliphatic rings. The summed E-state index contributed by atoms with van der Waals surface area (Å²) in [6.45, 7) is 6.66. The Morgan fingerprint density at radius 3 is 2.31 bits per heavy atom. The van der Waals surface area contributed by atoms with Crippen molar-refractivity contribution in [3.8, 4) is 0 Å². The number of hydrogen-bond acceptors (Lipinski definition) is 1. The lowest BCUT2D eigenvalue weighted by Crippen LogP contribution is -2.27. The van der Waals surface area contributed by atoms with E-state index in [4.69, 9.17) is 0 Å². The molecule has 0 aliphatic heterocycles. The van der Waals surface area contributed by atoms with E-state index < -0.39 is 0 Å². The predicted octanol–water partition coefficient (Wildman–Crippen LogP) is 2.71. The molecule has 0 amide bonds. The van der Waals surface area contributed by atoms with Crippen molar-refractivity contribution in [2.24, 2.45) is 0 Å². The molecule has 0 radical (unpaired) electrons. The number of rotatable bonds is 3. The van der Waals surface area contributed by atoms with Gasteiger partial charge in [-0.2, -0.15) is 0 Å². The van der Waals surface area contributed by atoms with Crippen LogP contribution in [-0.2, 0) is 0 Å². The molecule has 0 spiro atoms. The molecule has 1 aromatic rings. The van der Waals surface area contributed by atoms with Crippen molar-refractivity contribution >= 4 is 0 Å². The SMILES string of the molecule is CNC(C)C(C)c1ccccc1C. The van der Waals surface area contributed by atoms with E-state index in [1.807, 2.05) is 7.05 Å². The van der Waals surface area contributed by atoms with Crippen molar-refractivity contribution in [3.63, 3.8) is 0 Å². The topological polar surface area (TPSA) is 12.0 Å². The quantitative estimate of drug-likeness (QED) is 0.748. The van der Waals surface area contributed by atoms with Crippen molar-refractivity contribution in [1.29, 1.82) is 0 Å². The smallest absolute Gasteiger partial charge is 0.0102 e. The van der Waals surface area contributed by atoms with E-state index >= 15 is 0 Å². The fourth-order valence-corrected chi connectivity index (χ4v) is 1.62. The largest absolute Gasteiger partial charge is 0.317 e. The molecule has 72 valence electrons. The van der Waals surface area contributed by atoms with Gasteiger partial charge >= 0.3 is 0 Å². The molecule has 0 heterocycles. The van der Waals surface area contributed by atoms with Crippen molar-refractivity contribution in [1.82, 2.24) is 5.32 Å². The van der Waals surface area contributed by atoms with Gasteiger partial charge in [0.25, 0.3) is 0 Å². The molecule has 0 saturated carbocycles. The summed E-state index contributed by atoms with van der Waals surface area (Å²) in [6, 6.07) is 9.12. The second kappa shape index (κ2) is 4.43. The Labute approximate surface area is 81.2 Å². The molecule has 1 rings (SSSR count). The van der Waals surface area contributed by atoms with Gasteiger partial charge in [-0.3, -0.25) is 0 Å². The van der Waals surface area contributed by atoms with Gasteiger partial charge in [0, 0.05) is 6.04 Å². The maximum absolute atomic E-state index is 3.29. The number of aryl methyl sites for hydroxylation is 1. The molecular weight excluding hydrogens is 158 g/mol. The van der Waals surface area contributed by atoms with Crippen molar-refractivity contribution in [2.45, 2.75) is 32.7 Å². The summed E-state index contributed by atoms with van der Waals surface area (Å²) >= 11 is 0. The van der Waals surface area contributed by atoms with Crippen LogP contribution in [0.5, 0.6) is 0 Å². The highest BCUT2D eigenvalue weighted by atomic mass is 14.9. The first-order valence-electron chi connectivity index (χ1n) is 4.89. The van der Waals surface area contributed by atoms with Crippen LogP contribution in [-0.4, -0.2) is 13.1 Å². The highest BCUT2D eigenvalue weighted by Gasteiger charge is 2.13. The van der Waals surface area contributed by atoms with E-state index in [1.165, 1.54) is 11.1 Å². The summed E-state index contributed by atoms with van der Waals surface area (Å²) in [4.78, 5) is 0. The van der Waals surface area contributed by atoms with Crippen LogP contribution in [0.3, 0.4) is 0 Å². The van der Waals surface area contributed by atoms with E-state index in [1.54, 1.807) is 0 Å². The first kappa shape index (κ1) is 10.3. The lowest BCUT2D eigenvalue weighted by Gasteiger charge is -2.21. The van der Waals surface area contributed by atoms with Crippen molar-refractivity contribution in [3.05, 3.63) is 35.4 Å². The molecule has 1 N–H and O–H groups in total. The molecule has 0 aromatic heterocycles. The van der Waals surface area contributed by atoms with Crippen LogP contribution in [0.25, 0.3) is 0 Å². The zero-order chi connectivity index (χ0) is 9.84. The molecule has 1 heteroatoms. The van der Waals surface area contributed by atoms with Crippen LogP contribution >= 0.6 is 0 Å². The molecule has 1 aromatic carbocycles. The van der Waals surface area contributed by atoms with Gasteiger partial charge in [-0.05, 0) is 37.9 Å². The second-order valence-electron chi connectivity index (χ2n) is 3.72. The summed E-state index contributed by atoms with van der Waals surface area (Å²) in [5.74, 6) is 0.575. The van der Waals surface area contributed by atoms with Gasteiger partial charge in [-0.25, -0.2) is 0 Å². The molecule has 0 bridgehead atoms. The molecular formula is C12H19N. The Morgan fingerprint density at radius 2 is 1.77 bits per heavy atom. The average molecular weight is 177 g/mol. The van der Waals surface area contributed by atoms with Gasteiger partial charge in [0.2, 0.25) is 0 Å². The molecule has 1 nitrogen and oxygen atoms in total. The Hall–Kier alpha value is -0.820. The lowest BCUT2D eigenvalue weighted by molar-refractivity contribution is 0.522. The first-order chi connectivity index (χ1) is 6.16. The third-order valence-corrected chi connectivity index (χ3v) is 2.88. The first-order valence-corrected chi connectivity index (χ1v) is 4.89. The number of nitrogens with one attached hydrogen (secondary N) is 1. The zero-order valence-electron chi connectivity index (χ0n) is 8.96. The lowest BCUT2D eigenvalue weighted by atomic mass is 9.91. The Morgan fingerprint density at radius 1 is 1.15 bits per heavy atom. The van der Waals surface area contributed by atoms with Gasteiger partial charge in [-0.1, -0.05) is 31.2 Å². The summed E-state index contributed by atoms with van der Waals surface area (Å²) in [5.41, 5.74) is 2.83. The van der Waals surface area contributed by atoms with E-state index in [0.29, 0.717) is 12.0 Å². The minimum Gasteiger partial charge on any atom is -0.317 e. The number of likely N-dealkylation sites (N-methyl/N-ethyl adjacent to an activating group) is 1. The van der Waals surface area contributed by atoms with Crippen LogP contribution in [0, 0.1) is 6.92 Å². The average Bonchev–Trinajstić information content (AvgIpc) is 2.16. The Balaban J connectivity index is 2.88. The summed E-state index contributed by atoms with van der Waals surface area (Å²) < 4.78 is 0. The fourth-order valence-electron chi connectivity index (χ4n) is 1.62. The Bertz CT molecular complexity index is 268. The van der Waals surface area contributed by atoms with Crippen LogP contribution in [0.15, 0.2) is 24.3 Å². The van der Waals surface area contributed by atoms with Gasteiger partial charge in [0.05, 0.1) is 0 Å². The highest BCUT2D eigenvalue weighted by Crippen LogP contribution is 2.21. The van der Waals surface area contributed by atoms with E-state index in [-0.39, 0.29) is 0 Å². The van der Waals surface area contributed by atoms with Crippen molar-refractivity contribution < 1.29 is 0 Å². The number of hydrogen-bond donors (Lipinski definition) is 1. The van der Waals surface area contributed by atoms with Crippen molar-refractivity contribution in [2.75, 3.05) is 7.05 Å². The zero-order valence-corrected chi connectivity index (χ0v) is 8.96. The van der Waals surface area contributed by atoms with Gasteiger partial charge in [0.1, 0.15) is 0 Å². The summed E-state index contributed by atoms with van der Waals surface area (Å²) in [7, 11) is 2.01. The maximum Gasteiger partial charge on any atom is 0.0102 e. The summed E-state index contributed by atoms with van der Waals surface area (Å²) in [6.07, 6.45) is 0. The van der Waals surface area contributed by atoms with E-state index in [2.05, 4.69) is 50.4 Å². The minimum atomic E-state index is 0.529. The molecule has 0 fully saturated rings. The third-order valence-electron chi connectivity index (χ3n) is 2.88. The normalized spacial score (nSPS) is 15.4. The monoisotopic (exact) mass is 177 g/mol. The molecule has 13 heavy (non-hydrogen) atoms. The third kappa shape index (κ3) is 2.31. The van der Waals surface area contributed by atoms with E-state index in [0.717, 1.165) is 0 Å². The van der Waals surface area contributed by atoms with E-state index in [9.17, 15) is 0 Å². The van der Waals surface area contributed by atoms with Crippen LogP contribution in [0.2, 0.25) is 0 Å². The highest BCUT2D eigenvalue weighted by molar-refractivity contribution is 5.29. The minimum absolute atomic E-state index is 0.529. The maximum atomic E-state index is 3.29. The Kier molecular flexibility index (Phi) is 3.49. The molecule has 2 unspecified atom stereocenters. The second-order valence-corrected chi connectivity index (χ2v) is 3.72. The van der Waals surface area contributed by atoms with Gasteiger partial charge < -0.3 is 5.32 Å². The predicted molar refractivity (Wildman–Crippen MR) is 58.1 cm³/mol. The standard InChI is InChI=1S/C12H19N/c1-9-7-5-6-8-12(9)10(2)11(3)13-4/h5-8,10-11,13H,1-4H3. The summed E-state index contributed by atoms with van der Waals surface area (Å²) in [5, 5.41) is 3.29. The molecule has 0 aliphatic carbocycles. The van der Waals surface area contributed by atoms with Gasteiger partial charge in [0.15, 0.2) is 0 Å². The fraction of sp³-hybridized carbons (Fsp3) is 0.500. The number of benzene rings is 1. The van der Waals surface area contributed by atoms with Crippen LogP contribution in [0.1, 0.15) is 30.9 Å².